The van der Waals surface area contributed by atoms with Crippen molar-refractivity contribution in [3.05, 3.63) is 59.2 Å². The van der Waals surface area contributed by atoms with Gasteiger partial charge in [0.2, 0.25) is 11.8 Å². The van der Waals surface area contributed by atoms with Gasteiger partial charge in [0.15, 0.2) is 5.82 Å². The van der Waals surface area contributed by atoms with Gasteiger partial charge in [-0.15, -0.1) is 0 Å². The Labute approximate surface area is 220 Å². The van der Waals surface area contributed by atoms with Gasteiger partial charge in [-0.25, -0.2) is 0 Å². The van der Waals surface area contributed by atoms with Crippen molar-refractivity contribution in [1.82, 2.24) is 26.1 Å². The number of nitrogen functional groups attached to an aromatic ring is 1. The maximum Gasteiger partial charge on any atom is 0.317 e. The highest BCUT2D eigenvalue weighted by molar-refractivity contribution is 5.95. The molecule has 2 aliphatic rings. The molecule has 1 heterocycles. The maximum atomic E-state index is 13.8. The largest absolute Gasteiger partial charge is 0.480 e. The fourth-order valence-electron chi connectivity index (χ4n) is 5.92. The van der Waals surface area contributed by atoms with Crippen molar-refractivity contribution in [2.75, 3.05) is 12.3 Å². The van der Waals surface area contributed by atoms with E-state index in [1.807, 2.05) is 42.5 Å². The van der Waals surface area contributed by atoms with Crippen LogP contribution in [0.1, 0.15) is 48.8 Å². The first-order valence-corrected chi connectivity index (χ1v) is 13.2. The number of aliphatic carboxylic acids is 1. The number of H-pyrrole nitrogens is 1. The van der Waals surface area contributed by atoms with E-state index in [2.05, 4.69) is 26.1 Å². The number of anilines is 1. The number of nitrogens with zero attached hydrogens (tertiary/aromatic N) is 1. The highest BCUT2D eigenvalue weighted by Crippen LogP contribution is 2.32. The van der Waals surface area contributed by atoms with Crippen molar-refractivity contribution in [3.8, 4) is 0 Å². The van der Waals surface area contributed by atoms with E-state index in [1.54, 1.807) is 0 Å². The Morgan fingerprint density at radius 1 is 1.08 bits per heavy atom. The molecule has 7 N–H and O–H groups in total. The molecule has 0 spiro atoms. The van der Waals surface area contributed by atoms with Crippen LogP contribution in [0.25, 0.3) is 10.9 Å². The molecule has 0 unspecified atom stereocenters. The zero-order valence-electron chi connectivity index (χ0n) is 21.3. The SMILES string of the molecule is Nc1n[nH]c2cc(CNC(=O)C3(NC(=O)[C@H](NCC(=O)O)C4CCCCC4)Cc4ccccc4C3)ccc12. The number of fused-ring (bicyclic) bond motifs is 2. The Morgan fingerprint density at radius 3 is 2.47 bits per heavy atom. The van der Waals surface area contributed by atoms with E-state index >= 15 is 0 Å². The third-order valence-corrected chi connectivity index (χ3v) is 7.89. The average Bonchev–Trinajstić information content (AvgIpc) is 3.48. The molecule has 10 heteroatoms. The molecule has 0 radical (unpaired) electrons. The Hall–Kier alpha value is -3.92. The van der Waals surface area contributed by atoms with Crippen LogP contribution in [0.3, 0.4) is 0 Å². The van der Waals surface area contributed by atoms with Crippen LogP contribution in [-0.4, -0.2) is 51.2 Å². The zero-order chi connectivity index (χ0) is 26.7. The van der Waals surface area contributed by atoms with Gasteiger partial charge >= 0.3 is 5.97 Å². The van der Waals surface area contributed by atoms with Crippen LogP contribution in [0, 0.1) is 5.92 Å². The molecule has 0 aliphatic heterocycles. The number of amides is 2. The number of carbonyl (C=O) groups excluding carboxylic acids is 2. The molecule has 2 aromatic carbocycles. The lowest BCUT2D eigenvalue weighted by atomic mass is 9.82. The van der Waals surface area contributed by atoms with Gasteiger partial charge in [0.1, 0.15) is 5.54 Å². The molecule has 1 atom stereocenters. The molecule has 38 heavy (non-hydrogen) atoms. The van der Waals surface area contributed by atoms with Gasteiger partial charge in [-0.1, -0.05) is 49.6 Å². The first kappa shape index (κ1) is 25.7. The van der Waals surface area contributed by atoms with E-state index in [1.165, 1.54) is 0 Å². The summed E-state index contributed by atoms with van der Waals surface area (Å²) in [5.74, 6) is -1.16. The van der Waals surface area contributed by atoms with Crippen LogP contribution in [0.2, 0.25) is 0 Å². The van der Waals surface area contributed by atoms with Crippen LogP contribution in [0.4, 0.5) is 5.82 Å². The van der Waals surface area contributed by atoms with Crippen molar-refractivity contribution < 1.29 is 19.5 Å². The molecule has 3 aromatic rings. The quantitative estimate of drug-likeness (QED) is 0.252. The predicted octanol–water partition coefficient (Wildman–Crippen LogP) is 2.04. The third kappa shape index (κ3) is 5.35. The number of carboxylic acid groups (broad SMARTS) is 1. The van der Waals surface area contributed by atoms with Crippen LogP contribution < -0.4 is 21.7 Å². The van der Waals surface area contributed by atoms with Gasteiger partial charge in [-0.05, 0) is 47.6 Å². The first-order chi connectivity index (χ1) is 18.3. The van der Waals surface area contributed by atoms with Crippen LogP contribution in [-0.2, 0) is 33.8 Å². The number of aromatic nitrogens is 2. The van der Waals surface area contributed by atoms with Gasteiger partial charge < -0.3 is 21.5 Å². The maximum absolute atomic E-state index is 13.8. The summed E-state index contributed by atoms with van der Waals surface area (Å²) in [6.07, 6.45) is 5.57. The smallest absolute Gasteiger partial charge is 0.317 e. The highest BCUT2D eigenvalue weighted by atomic mass is 16.4. The summed E-state index contributed by atoms with van der Waals surface area (Å²) in [5.41, 5.74) is 8.39. The number of benzene rings is 2. The van der Waals surface area contributed by atoms with Crippen molar-refractivity contribution in [1.29, 1.82) is 0 Å². The molecule has 0 bridgehead atoms. The first-order valence-electron chi connectivity index (χ1n) is 13.2. The van der Waals surface area contributed by atoms with E-state index in [0.717, 1.165) is 59.7 Å². The lowest BCUT2D eigenvalue weighted by Gasteiger charge is -2.35. The lowest BCUT2D eigenvalue weighted by Crippen LogP contribution is -2.63. The van der Waals surface area contributed by atoms with Crippen molar-refractivity contribution in [2.24, 2.45) is 5.92 Å². The fraction of sp³-hybridized carbons (Fsp3) is 0.429. The summed E-state index contributed by atoms with van der Waals surface area (Å²) < 4.78 is 0. The van der Waals surface area contributed by atoms with Gasteiger partial charge in [0.05, 0.1) is 18.1 Å². The highest BCUT2D eigenvalue weighted by Gasteiger charge is 2.46. The van der Waals surface area contributed by atoms with E-state index in [-0.39, 0.29) is 30.8 Å². The second-order valence-electron chi connectivity index (χ2n) is 10.5. The lowest BCUT2D eigenvalue weighted by molar-refractivity contribution is -0.138. The predicted molar refractivity (Wildman–Crippen MR) is 143 cm³/mol. The number of rotatable bonds is 9. The molecular weight excluding hydrogens is 484 g/mol. The van der Waals surface area contributed by atoms with E-state index < -0.39 is 17.6 Å². The molecule has 0 saturated heterocycles. The Bertz CT molecular complexity index is 1320. The number of hydrogen-bond acceptors (Lipinski definition) is 6. The van der Waals surface area contributed by atoms with E-state index in [4.69, 9.17) is 5.73 Å². The molecular formula is C28H34N6O4. The summed E-state index contributed by atoms with van der Waals surface area (Å²) in [5, 5.41) is 26.1. The molecule has 10 nitrogen and oxygen atoms in total. The summed E-state index contributed by atoms with van der Waals surface area (Å²) in [4.78, 5) is 38.8. The Morgan fingerprint density at radius 2 is 1.79 bits per heavy atom. The summed E-state index contributed by atoms with van der Waals surface area (Å²) >= 11 is 0. The molecule has 1 aromatic heterocycles. The van der Waals surface area contributed by atoms with Gasteiger partial charge in [-0.3, -0.25) is 24.8 Å². The Kier molecular flexibility index (Phi) is 7.33. The van der Waals surface area contributed by atoms with Crippen LogP contribution in [0.5, 0.6) is 0 Å². The minimum absolute atomic E-state index is 0.0283. The average molecular weight is 519 g/mol. The van der Waals surface area contributed by atoms with Gasteiger partial charge in [0, 0.05) is 24.8 Å². The van der Waals surface area contributed by atoms with Crippen LogP contribution in [0.15, 0.2) is 42.5 Å². The summed E-state index contributed by atoms with van der Waals surface area (Å²) in [7, 11) is 0. The number of nitrogens with two attached hydrogens (primary N) is 1. The van der Waals surface area contributed by atoms with Crippen molar-refractivity contribution in [2.45, 2.75) is 63.1 Å². The number of nitrogens with one attached hydrogen (secondary N) is 4. The Balaban J connectivity index is 1.36. The fourth-order valence-corrected chi connectivity index (χ4v) is 5.92. The summed E-state index contributed by atoms with van der Waals surface area (Å²) in [6, 6.07) is 12.8. The molecule has 200 valence electrons. The molecule has 1 saturated carbocycles. The van der Waals surface area contributed by atoms with Crippen molar-refractivity contribution >= 4 is 34.5 Å². The number of carboxylic acids is 1. The third-order valence-electron chi connectivity index (χ3n) is 7.89. The van der Waals surface area contributed by atoms with E-state index in [0.29, 0.717) is 18.7 Å². The number of carbonyl (C=O) groups is 3. The second-order valence-corrected chi connectivity index (χ2v) is 10.5. The van der Waals surface area contributed by atoms with Crippen LogP contribution >= 0.6 is 0 Å². The zero-order valence-corrected chi connectivity index (χ0v) is 21.3. The summed E-state index contributed by atoms with van der Waals surface area (Å²) in [6.45, 7) is -0.0421. The molecule has 5 rings (SSSR count). The topological polar surface area (TPSA) is 162 Å². The molecule has 1 fully saturated rings. The normalized spacial score (nSPS) is 17.6. The monoisotopic (exact) mass is 518 g/mol. The van der Waals surface area contributed by atoms with Crippen molar-refractivity contribution in [3.63, 3.8) is 0 Å². The van der Waals surface area contributed by atoms with Gasteiger partial charge in [-0.2, -0.15) is 5.10 Å². The number of aromatic amines is 1. The molecule has 2 aliphatic carbocycles. The minimum atomic E-state index is -1.17. The van der Waals surface area contributed by atoms with Gasteiger partial charge in [0.25, 0.3) is 0 Å². The standard InChI is InChI=1S/C28H34N6O4/c29-25-21-11-10-17(12-22(21)33-34-25)15-31-27(38)28(13-19-8-4-5-9-20(19)14-28)32-26(37)24(30-16-23(35)36)18-6-2-1-3-7-18/h4-5,8-12,18,24,30H,1-3,6-7,13-16H2,(H,31,38)(H,32,37)(H,35,36)(H3,29,33,34)/t24-/m1/s1. The second kappa shape index (κ2) is 10.8. The number of hydrogen-bond donors (Lipinski definition) is 6. The molecule has 2 amide bonds. The van der Waals surface area contributed by atoms with E-state index in [9.17, 15) is 19.5 Å². The minimum Gasteiger partial charge on any atom is -0.480 e.